The van der Waals surface area contributed by atoms with Crippen LogP contribution >= 0.6 is 0 Å². The van der Waals surface area contributed by atoms with Gasteiger partial charge in [0.05, 0.1) is 6.20 Å². The van der Waals surface area contributed by atoms with Crippen molar-refractivity contribution in [3.05, 3.63) is 195 Å². The second kappa shape index (κ2) is 16.4. The average Bonchev–Trinajstić information content (AvgIpc) is 3.79. The third-order valence-corrected chi connectivity index (χ3v) is 9.96. The summed E-state index contributed by atoms with van der Waals surface area (Å²) < 4.78 is 18.5. The van der Waals surface area contributed by atoms with Gasteiger partial charge in [0.2, 0.25) is 0 Å². The first-order valence-corrected chi connectivity index (χ1v) is 18.6. The average molecular weight is 960 g/mol. The maximum atomic E-state index is 6.33. The van der Waals surface area contributed by atoms with Gasteiger partial charge in [-0.05, 0) is 47.2 Å². The molecule has 0 bridgehead atoms. The number of rotatable bonds is 8. The van der Waals surface area contributed by atoms with Gasteiger partial charge in [-0.2, -0.15) is 18.2 Å². The molecule has 0 atom stereocenters. The number of hydrogen-bond acceptors (Lipinski definition) is 6. The van der Waals surface area contributed by atoms with Crippen molar-refractivity contribution in [2.45, 2.75) is 0 Å². The number of fused-ring (bicyclic) bond motifs is 6. The van der Waals surface area contributed by atoms with Crippen molar-refractivity contribution in [2.24, 2.45) is 0 Å². The van der Waals surface area contributed by atoms with E-state index in [1.54, 1.807) is 29.6 Å². The molecule has 11 heteroatoms. The van der Waals surface area contributed by atoms with Crippen LogP contribution in [0.1, 0.15) is 0 Å². The Labute approximate surface area is 371 Å². The summed E-state index contributed by atoms with van der Waals surface area (Å²) in [5.41, 5.74) is 5.88. The Morgan fingerprint density at radius 1 is 0.450 bits per heavy atom. The van der Waals surface area contributed by atoms with Crippen molar-refractivity contribution in [3.63, 3.8) is 0 Å². The molecule has 11 rings (SSSR count). The van der Waals surface area contributed by atoms with Crippen molar-refractivity contribution in [1.82, 2.24) is 29.2 Å². The summed E-state index contributed by atoms with van der Waals surface area (Å²) in [7, 11) is 0. The van der Waals surface area contributed by atoms with Crippen LogP contribution in [0.15, 0.2) is 171 Å². The fraction of sp³-hybridized carbons (Fsp3) is 0. The molecule has 0 amide bonds. The third-order valence-electron chi connectivity index (χ3n) is 9.96. The molecule has 0 unspecified atom stereocenters. The molecule has 0 aliphatic heterocycles. The van der Waals surface area contributed by atoms with Gasteiger partial charge < -0.3 is 18.6 Å². The molecule has 60 heavy (non-hydrogen) atoms. The van der Waals surface area contributed by atoms with E-state index in [0.717, 1.165) is 60.8 Å². The van der Waals surface area contributed by atoms with E-state index >= 15 is 0 Å². The summed E-state index contributed by atoms with van der Waals surface area (Å²) in [5, 5.41) is 9.03. The van der Waals surface area contributed by atoms with Gasteiger partial charge in [-0.25, -0.2) is 9.97 Å². The van der Waals surface area contributed by atoms with Gasteiger partial charge in [0, 0.05) is 52.1 Å². The number of pyridine rings is 2. The van der Waals surface area contributed by atoms with Gasteiger partial charge in [0.25, 0.3) is 6.33 Å². The van der Waals surface area contributed by atoms with Crippen LogP contribution < -0.4 is 14.2 Å². The van der Waals surface area contributed by atoms with E-state index in [1.807, 2.05) is 109 Å². The van der Waals surface area contributed by atoms with Crippen LogP contribution in [0.3, 0.4) is 0 Å². The number of nitrogens with zero attached hydrogens (tertiary/aromatic N) is 7. The maximum Gasteiger partial charge on any atom is 2.00 e. The van der Waals surface area contributed by atoms with Crippen molar-refractivity contribution >= 4 is 43.6 Å². The monoisotopic (exact) mass is 958 g/mol. The topological polar surface area (TPSA) is 83.8 Å². The molecular weight excluding hydrogens is 931 g/mol. The Bertz CT molecular complexity index is 3080. The summed E-state index contributed by atoms with van der Waals surface area (Å²) in [6, 6.07) is 61.3. The molecular formula is C49H28N7O2Pd2+. The van der Waals surface area contributed by atoms with Crippen LogP contribution in [0, 0.1) is 24.3 Å². The second-order valence-electron chi connectivity index (χ2n) is 13.5. The van der Waals surface area contributed by atoms with Gasteiger partial charge in [0.15, 0.2) is 0 Å². The number of benzene rings is 6. The summed E-state index contributed by atoms with van der Waals surface area (Å²) in [4.78, 5) is 14.0. The van der Waals surface area contributed by atoms with Crippen molar-refractivity contribution in [1.29, 1.82) is 0 Å². The molecule has 9 nitrogen and oxygen atoms in total. The first kappa shape index (κ1) is 38.7. The summed E-state index contributed by atoms with van der Waals surface area (Å²) in [6.07, 6.45) is 6.92. The zero-order valence-electron chi connectivity index (χ0n) is 31.2. The number of para-hydroxylation sites is 2. The van der Waals surface area contributed by atoms with E-state index in [1.165, 1.54) is 0 Å². The predicted octanol–water partition coefficient (Wildman–Crippen LogP) is 10.2. The van der Waals surface area contributed by atoms with E-state index in [2.05, 4.69) is 84.9 Å². The fourth-order valence-electron chi connectivity index (χ4n) is 7.40. The maximum absolute atomic E-state index is 6.33. The minimum absolute atomic E-state index is 0. The largest absolute Gasteiger partial charge is 2.00 e. The zero-order valence-corrected chi connectivity index (χ0v) is 34.4. The van der Waals surface area contributed by atoms with Crippen LogP contribution in [0.25, 0.3) is 72.2 Å². The second-order valence-corrected chi connectivity index (χ2v) is 13.5. The van der Waals surface area contributed by atoms with E-state index in [0.29, 0.717) is 34.4 Å². The Kier molecular flexibility index (Phi) is 10.6. The van der Waals surface area contributed by atoms with E-state index < -0.39 is 0 Å². The first-order chi connectivity index (χ1) is 28.7. The summed E-state index contributed by atoms with van der Waals surface area (Å²) >= 11 is 0. The Balaban J connectivity index is 0.00000231. The van der Waals surface area contributed by atoms with E-state index in [4.69, 9.17) is 14.5 Å². The molecule has 0 aliphatic carbocycles. The normalized spacial score (nSPS) is 11.1. The molecule has 0 saturated carbocycles. The van der Waals surface area contributed by atoms with Gasteiger partial charge in [-0.1, -0.05) is 87.3 Å². The van der Waals surface area contributed by atoms with Crippen molar-refractivity contribution in [2.75, 3.05) is 0 Å². The molecule has 0 N–H and O–H groups in total. The Morgan fingerprint density at radius 3 is 1.53 bits per heavy atom. The molecule has 6 aromatic carbocycles. The van der Waals surface area contributed by atoms with Crippen molar-refractivity contribution < 1.29 is 55.0 Å². The number of hydrogen-bond donors (Lipinski definition) is 0. The summed E-state index contributed by atoms with van der Waals surface area (Å²) in [6.45, 7) is 0. The number of aromatic nitrogens is 7. The van der Waals surface area contributed by atoms with Gasteiger partial charge in [-0.3, -0.25) is 0 Å². The standard InChI is InChI=1S/C49H28N7O2.2Pd/c1-3-17-44-39(15-1)41-23-21-37(29-46(41)55(44)48-19-5-7-25-50-48)57-35-13-9-11-33(27-35)43-31-53-54(32-52-43)34-12-10-14-36(28-34)58-38-22-24-42-40-16-2-4-18-45(40)56(47(42)30-38)49-20-6-8-26-51-49;;/h1-26,31-32H;;/q-3;2*+2. The van der Waals surface area contributed by atoms with Gasteiger partial charge in [-0.15, -0.1) is 70.1 Å². The Hall–Kier alpha value is -6.85. The fourth-order valence-corrected chi connectivity index (χ4v) is 7.40. The minimum Gasteiger partial charge on any atom is -0.509 e. The minimum atomic E-state index is 0. The van der Waals surface area contributed by atoms with E-state index in [9.17, 15) is 0 Å². The SMILES string of the molecule is [Pd+2].[Pd+2].[c-]1c(Oc2[c-]c3c(cc2)c2ccccc2n3-c2ccccn2)cccc1-c1cn[n+](-c2[c-]c(Oc3[c-]c4c(cc3)c3ccccc3n4-c3ccccn3)ccc2)cn1. The third kappa shape index (κ3) is 7.04. The molecule has 5 aromatic heterocycles. The van der Waals surface area contributed by atoms with Crippen LogP contribution in [-0.4, -0.2) is 29.2 Å². The number of ether oxygens (including phenoxy) is 2. The predicted molar refractivity (Wildman–Crippen MR) is 222 cm³/mol. The van der Waals surface area contributed by atoms with Crippen molar-refractivity contribution in [3.8, 4) is 51.6 Å². The zero-order chi connectivity index (χ0) is 38.4. The summed E-state index contributed by atoms with van der Waals surface area (Å²) in [5.74, 6) is 3.77. The van der Waals surface area contributed by atoms with Crippen LogP contribution in [-0.2, 0) is 40.8 Å². The molecule has 0 radical (unpaired) electrons. The van der Waals surface area contributed by atoms with Gasteiger partial charge >= 0.3 is 40.8 Å². The van der Waals surface area contributed by atoms with Crippen LogP contribution in [0.5, 0.6) is 23.0 Å². The van der Waals surface area contributed by atoms with Gasteiger partial charge in [0.1, 0.15) is 17.3 Å². The molecule has 11 aromatic rings. The molecule has 290 valence electrons. The molecule has 0 aliphatic rings. The molecule has 0 spiro atoms. The van der Waals surface area contributed by atoms with Crippen LogP contribution in [0.4, 0.5) is 0 Å². The smallest absolute Gasteiger partial charge is 0.509 e. The molecule has 0 fully saturated rings. The molecule has 5 heterocycles. The Morgan fingerprint density at radius 2 is 0.983 bits per heavy atom. The van der Waals surface area contributed by atoms with E-state index in [-0.39, 0.29) is 40.8 Å². The quantitative estimate of drug-likeness (QED) is 0.0857. The van der Waals surface area contributed by atoms with Crippen LogP contribution in [0.2, 0.25) is 0 Å². The first-order valence-electron chi connectivity index (χ1n) is 18.6. The molecule has 0 saturated heterocycles.